The minimum Gasteiger partial charge on any atom is -0.369 e. The molecule has 1 aliphatic rings. The molecule has 0 atom stereocenters. The van der Waals surface area contributed by atoms with Gasteiger partial charge in [0.25, 0.3) is 0 Å². The number of nitrogens with zero attached hydrogens (tertiary/aromatic N) is 5. The van der Waals surface area contributed by atoms with Crippen LogP contribution in [0.15, 0.2) is 42.0 Å². The first-order valence-electron chi connectivity index (χ1n) is 9.32. The molecule has 2 aromatic heterocycles. The minimum atomic E-state index is 0.137. The molecule has 0 radical (unpaired) electrons. The molecule has 1 fully saturated rings. The number of halogens is 1. The van der Waals surface area contributed by atoms with E-state index in [2.05, 4.69) is 25.9 Å². The quantitative estimate of drug-likeness (QED) is 0.575. The van der Waals surface area contributed by atoms with Crippen molar-refractivity contribution in [2.24, 2.45) is 0 Å². The highest BCUT2D eigenvalue weighted by Gasteiger charge is 2.20. The number of benzene rings is 1. The zero-order valence-corrected chi connectivity index (χ0v) is 17.3. The molecule has 1 aliphatic heterocycles. The summed E-state index contributed by atoms with van der Waals surface area (Å²) in [5.74, 6) is 0.137. The van der Waals surface area contributed by atoms with Gasteiger partial charge in [-0.15, -0.1) is 11.3 Å². The average Bonchev–Trinajstić information content (AvgIpc) is 3.36. The van der Waals surface area contributed by atoms with Gasteiger partial charge in [0.2, 0.25) is 5.13 Å². The van der Waals surface area contributed by atoms with Crippen molar-refractivity contribution in [2.45, 2.75) is 13.3 Å². The number of rotatable bonds is 6. The third kappa shape index (κ3) is 4.11. The SMILES string of the molecule is Cc1c(C(=O)CCN2CCN(c3cccc(Cl)c3)CC2)cnn1-c1nccs1. The van der Waals surface area contributed by atoms with E-state index in [0.29, 0.717) is 12.0 Å². The summed E-state index contributed by atoms with van der Waals surface area (Å²) in [6.07, 6.45) is 3.91. The average molecular weight is 416 g/mol. The molecule has 0 aliphatic carbocycles. The number of Topliss-reactive ketones (excluding diaryl/α,β-unsaturated/α-hetero) is 1. The van der Waals surface area contributed by atoms with Crippen LogP contribution in [0.1, 0.15) is 22.5 Å². The molecule has 0 spiro atoms. The summed E-state index contributed by atoms with van der Waals surface area (Å²) in [5.41, 5.74) is 2.70. The van der Waals surface area contributed by atoms with Crippen LogP contribution in [0.2, 0.25) is 5.02 Å². The van der Waals surface area contributed by atoms with E-state index in [1.807, 2.05) is 30.5 Å². The highest BCUT2D eigenvalue weighted by Crippen LogP contribution is 2.21. The predicted molar refractivity (Wildman–Crippen MR) is 113 cm³/mol. The highest BCUT2D eigenvalue weighted by molar-refractivity contribution is 7.12. The van der Waals surface area contributed by atoms with Crippen molar-refractivity contribution in [3.8, 4) is 5.13 Å². The van der Waals surface area contributed by atoms with Gasteiger partial charge in [-0.3, -0.25) is 9.69 Å². The maximum atomic E-state index is 12.7. The number of hydrogen-bond acceptors (Lipinski definition) is 6. The lowest BCUT2D eigenvalue weighted by Gasteiger charge is -2.36. The van der Waals surface area contributed by atoms with Gasteiger partial charge in [0.15, 0.2) is 5.78 Å². The second-order valence-corrected chi connectivity index (χ2v) is 8.16. The number of thiazole rings is 1. The van der Waals surface area contributed by atoms with Crippen LogP contribution in [0.25, 0.3) is 5.13 Å². The van der Waals surface area contributed by atoms with Crippen LogP contribution in [0.5, 0.6) is 0 Å². The maximum absolute atomic E-state index is 12.7. The van der Waals surface area contributed by atoms with E-state index in [0.717, 1.165) is 54.3 Å². The molecule has 1 saturated heterocycles. The highest BCUT2D eigenvalue weighted by atomic mass is 35.5. The monoisotopic (exact) mass is 415 g/mol. The topological polar surface area (TPSA) is 54.3 Å². The Kier molecular flexibility index (Phi) is 5.75. The van der Waals surface area contributed by atoms with Crippen molar-refractivity contribution in [1.29, 1.82) is 0 Å². The number of carbonyl (C=O) groups is 1. The molecule has 1 aromatic carbocycles. The Bertz CT molecular complexity index is 947. The van der Waals surface area contributed by atoms with E-state index in [1.54, 1.807) is 17.1 Å². The van der Waals surface area contributed by atoms with Crippen LogP contribution in [0, 0.1) is 6.92 Å². The van der Waals surface area contributed by atoms with Crippen LogP contribution >= 0.6 is 22.9 Å². The van der Waals surface area contributed by atoms with Crippen molar-refractivity contribution in [3.05, 3.63) is 58.3 Å². The van der Waals surface area contributed by atoms with Crippen LogP contribution in [-0.2, 0) is 0 Å². The molecule has 0 saturated carbocycles. The fraction of sp³-hybridized carbons (Fsp3) is 0.350. The van der Waals surface area contributed by atoms with E-state index < -0.39 is 0 Å². The van der Waals surface area contributed by atoms with Gasteiger partial charge in [0, 0.05) is 61.4 Å². The van der Waals surface area contributed by atoms with E-state index in [4.69, 9.17) is 11.6 Å². The Hall–Kier alpha value is -2.22. The first-order valence-corrected chi connectivity index (χ1v) is 10.6. The number of aromatic nitrogens is 3. The van der Waals surface area contributed by atoms with Crippen molar-refractivity contribution >= 4 is 34.4 Å². The zero-order valence-electron chi connectivity index (χ0n) is 15.7. The zero-order chi connectivity index (χ0) is 19.5. The minimum absolute atomic E-state index is 0.137. The molecule has 0 N–H and O–H groups in total. The third-order valence-electron chi connectivity index (χ3n) is 5.11. The largest absolute Gasteiger partial charge is 0.369 e. The number of hydrogen-bond donors (Lipinski definition) is 0. The van der Waals surface area contributed by atoms with Crippen molar-refractivity contribution in [2.75, 3.05) is 37.6 Å². The molecule has 0 bridgehead atoms. The van der Waals surface area contributed by atoms with Gasteiger partial charge < -0.3 is 4.90 Å². The Morgan fingerprint density at radius 3 is 2.79 bits per heavy atom. The van der Waals surface area contributed by atoms with Gasteiger partial charge in [0.05, 0.1) is 17.5 Å². The van der Waals surface area contributed by atoms with Crippen molar-refractivity contribution in [1.82, 2.24) is 19.7 Å². The lowest BCUT2D eigenvalue weighted by Crippen LogP contribution is -2.46. The summed E-state index contributed by atoms with van der Waals surface area (Å²) < 4.78 is 1.74. The summed E-state index contributed by atoms with van der Waals surface area (Å²) in [7, 11) is 0. The Balaban J connectivity index is 1.30. The second kappa shape index (κ2) is 8.43. The van der Waals surface area contributed by atoms with Gasteiger partial charge in [-0.2, -0.15) is 5.10 Å². The van der Waals surface area contributed by atoms with E-state index in [-0.39, 0.29) is 5.78 Å². The molecule has 28 heavy (non-hydrogen) atoms. The molecule has 0 amide bonds. The number of carbonyl (C=O) groups excluding carboxylic acids is 1. The Morgan fingerprint density at radius 1 is 1.25 bits per heavy atom. The first kappa shape index (κ1) is 19.1. The van der Waals surface area contributed by atoms with Gasteiger partial charge in [-0.25, -0.2) is 9.67 Å². The van der Waals surface area contributed by atoms with Crippen LogP contribution in [0.4, 0.5) is 5.69 Å². The lowest BCUT2D eigenvalue weighted by molar-refractivity contribution is 0.0962. The van der Waals surface area contributed by atoms with E-state index in [1.165, 1.54) is 11.3 Å². The number of piperazine rings is 1. The smallest absolute Gasteiger partial charge is 0.210 e. The van der Waals surface area contributed by atoms with Crippen molar-refractivity contribution < 1.29 is 4.79 Å². The van der Waals surface area contributed by atoms with Crippen LogP contribution < -0.4 is 4.90 Å². The summed E-state index contributed by atoms with van der Waals surface area (Å²) in [6.45, 7) is 6.45. The summed E-state index contributed by atoms with van der Waals surface area (Å²) in [5, 5.41) is 7.79. The fourth-order valence-corrected chi connectivity index (χ4v) is 4.33. The lowest BCUT2D eigenvalue weighted by atomic mass is 10.1. The van der Waals surface area contributed by atoms with Gasteiger partial charge >= 0.3 is 0 Å². The summed E-state index contributed by atoms with van der Waals surface area (Å²) in [6, 6.07) is 7.97. The molecule has 3 heterocycles. The molecule has 8 heteroatoms. The standard InChI is InChI=1S/C20H22ClN5OS/c1-15-18(14-23-26(15)20-22-6-12-28-20)19(27)5-7-24-8-10-25(11-9-24)17-4-2-3-16(21)13-17/h2-4,6,12-14H,5,7-11H2,1H3. The fourth-order valence-electron chi connectivity index (χ4n) is 3.49. The molecular weight excluding hydrogens is 394 g/mol. The normalized spacial score (nSPS) is 15.1. The Morgan fingerprint density at radius 2 is 2.07 bits per heavy atom. The molecule has 146 valence electrons. The number of anilines is 1. The van der Waals surface area contributed by atoms with Gasteiger partial charge in [-0.1, -0.05) is 17.7 Å². The van der Waals surface area contributed by atoms with E-state index in [9.17, 15) is 4.79 Å². The van der Waals surface area contributed by atoms with Gasteiger partial charge in [-0.05, 0) is 25.1 Å². The maximum Gasteiger partial charge on any atom is 0.210 e. The molecule has 3 aromatic rings. The van der Waals surface area contributed by atoms with Crippen molar-refractivity contribution in [3.63, 3.8) is 0 Å². The molecule has 4 rings (SSSR count). The summed E-state index contributed by atoms with van der Waals surface area (Å²) >= 11 is 7.61. The third-order valence-corrected chi connectivity index (χ3v) is 6.09. The van der Waals surface area contributed by atoms with Gasteiger partial charge in [0.1, 0.15) is 0 Å². The predicted octanol–water partition coefficient (Wildman–Crippen LogP) is 3.69. The number of ketones is 1. The van der Waals surface area contributed by atoms with E-state index >= 15 is 0 Å². The van der Waals surface area contributed by atoms with Crippen LogP contribution in [-0.4, -0.2) is 58.2 Å². The molecular formula is C20H22ClN5OS. The molecule has 0 unspecified atom stereocenters. The first-order chi connectivity index (χ1) is 13.6. The second-order valence-electron chi connectivity index (χ2n) is 6.85. The molecule has 6 nitrogen and oxygen atoms in total. The summed E-state index contributed by atoms with van der Waals surface area (Å²) in [4.78, 5) is 21.6. The Labute approximate surface area is 173 Å². The van der Waals surface area contributed by atoms with Crippen LogP contribution in [0.3, 0.4) is 0 Å².